The number of likely N-dealkylation sites (tertiary alicyclic amines) is 1. The van der Waals surface area contributed by atoms with Gasteiger partial charge in [0.1, 0.15) is 0 Å². The van der Waals surface area contributed by atoms with Crippen LogP contribution in [0.5, 0.6) is 0 Å². The number of halogens is 1. The van der Waals surface area contributed by atoms with E-state index in [1.807, 2.05) is 0 Å². The van der Waals surface area contributed by atoms with Crippen molar-refractivity contribution in [2.75, 3.05) is 6.54 Å². The van der Waals surface area contributed by atoms with Crippen LogP contribution in [-0.4, -0.2) is 28.4 Å². The number of aliphatic hydroxyl groups excluding tert-OH is 1. The fourth-order valence-electron chi connectivity index (χ4n) is 2.39. The summed E-state index contributed by atoms with van der Waals surface area (Å²) in [7, 11) is 0. The van der Waals surface area contributed by atoms with E-state index in [0.717, 1.165) is 0 Å². The largest absolute Gasteiger partial charge is 0.387 e. The van der Waals surface area contributed by atoms with Crippen molar-refractivity contribution in [3.63, 3.8) is 0 Å². The Morgan fingerprint density at radius 1 is 1.22 bits per heavy atom. The Balaban J connectivity index is 1.71. The number of nitrogens with zero attached hydrogens (tertiary/aromatic N) is 1. The summed E-state index contributed by atoms with van der Waals surface area (Å²) in [5.41, 5.74) is 0.653. The first kappa shape index (κ1) is 11.7. The van der Waals surface area contributed by atoms with Gasteiger partial charge >= 0.3 is 0 Å². The lowest BCUT2D eigenvalue weighted by molar-refractivity contribution is -0.143. The number of β-amino-alcohol motifs (C(OH)–C–C–N with tert-alkyl or cyclic N) is 1. The van der Waals surface area contributed by atoms with Gasteiger partial charge < -0.3 is 5.11 Å². The third-order valence-electron chi connectivity index (χ3n) is 3.57. The number of piperidine rings is 1. The lowest BCUT2D eigenvalue weighted by atomic mass is 10.1. The van der Waals surface area contributed by atoms with Crippen molar-refractivity contribution in [3.8, 4) is 0 Å². The zero-order valence-electron chi connectivity index (χ0n) is 9.54. The fraction of sp³-hybridized carbons (Fsp3) is 0.385. The number of benzene rings is 1. The van der Waals surface area contributed by atoms with Gasteiger partial charge in [0, 0.05) is 5.02 Å². The molecule has 2 fully saturated rings. The van der Waals surface area contributed by atoms with Gasteiger partial charge in [-0.05, 0) is 24.1 Å². The summed E-state index contributed by atoms with van der Waals surface area (Å²) in [4.78, 5) is 24.7. The monoisotopic (exact) mass is 265 g/mol. The van der Waals surface area contributed by atoms with Gasteiger partial charge in [-0.1, -0.05) is 23.7 Å². The van der Waals surface area contributed by atoms with Crippen molar-refractivity contribution in [3.05, 3.63) is 34.9 Å². The third kappa shape index (κ3) is 1.82. The predicted molar refractivity (Wildman–Crippen MR) is 64.7 cm³/mol. The highest BCUT2D eigenvalue weighted by molar-refractivity contribution is 6.30. The second-order valence-corrected chi connectivity index (χ2v) is 5.24. The van der Waals surface area contributed by atoms with E-state index in [2.05, 4.69) is 0 Å². The van der Waals surface area contributed by atoms with E-state index in [-0.39, 0.29) is 30.2 Å². The van der Waals surface area contributed by atoms with E-state index < -0.39 is 6.10 Å². The molecule has 2 aliphatic rings. The molecule has 1 aliphatic heterocycles. The van der Waals surface area contributed by atoms with Crippen LogP contribution in [0.25, 0.3) is 0 Å². The van der Waals surface area contributed by atoms with Crippen molar-refractivity contribution in [2.24, 2.45) is 11.8 Å². The predicted octanol–water partition coefficient (Wildman–Crippen LogP) is 1.38. The minimum absolute atomic E-state index is 0.0340. The average molecular weight is 266 g/mol. The molecule has 0 aromatic heterocycles. The molecule has 1 aliphatic carbocycles. The van der Waals surface area contributed by atoms with Gasteiger partial charge in [-0.2, -0.15) is 0 Å². The lowest BCUT2D eigenvalue weighted by Gasteiger charge is -2.20. The first-order chi connectivity index (χ1) is 8.58. The molecule has 4 nitrogen and oxygen atoms in total. The van der Waals surface area contributed by atoms with Gasteiger partial charge in [-0.3, -0.25) is 14.5 Å². The van der Waals surface area contributed by atoms with E-state index >= 15 is 0 Å². The Kier molecular flexibility index (Phi) is 2.64. The third-order valence-corrected chi connectivity index (χ3v) is 3.82. The Morgan fingerprint density at radius 3 is 2.33 bits per heavy atom. The maximum Gasteiger partial charge on any atom is 0.233 e. The molecule has 0 spiro atoms. The van der Waals surface area contributed by atoms with E-state index in [9.17, 15) is 14.7 Å². The highest BCUT2D eigenvalue weighted by atomic mass is 35.5. The molecule has 3 rings (SSSR count). The Labute approximate surface area is 109 Å². The highest BCUT2D eigenvalue weighted by Gasteiger charge is 2.58. The molecule has 1 saturated carbocycles. The molecule has 3 atom stereocenters. The van der Waals surface area contributed by atoms with Crippen LogP contribution in [0.15, 0.2) is 24.3 Å². The first-order valence-electron chi connectivity index (χ1n) is 5.86. The molecule has 5 heteroatoms. The number of carbonyl (C=O) groups excluding carboxylic acids is 2. The summed E-state index contributed by atoms with van der Waals surface area (Å²) < 4.78 is 0. The summed E-state index contributed by atoms with van der Waals surface area (Å²) in [5, 5.41) is 10.6. The fourth-order valence-corrected chi connectivity index (χ4v) is 2.52. The van der Waals surface area contributed by atoms with E-state index in [1.165, 1.54) is 4.90 Å². The number of fused-ring (bicyclic) bond motifs is 1. The number of amides is 2. The lowest BCUT2D eigenvalue weighted by Crippen LogP contribution is -2.36. The molecule has 18 heavy (non-hydrogen) atoms. The Bertz CT molecular complexity index is 493. The van der Waals surface area contributed by atoms with Gasteiger partial charge in [0.2, 0.25) is 11.8 Å². The summed E-state index contributed by atoms with van der Waals surface area (Å²) in [6.07, 6.45) is -0.168. The van der Waals surface area contributed by atoms with Gasteiger partial charge in [0.05, 0.1) is 24.5 Å². The van der Waals surface area contributed by atoms with Crippen LogP contribution in [0.4, 0.5) is 0 Å². The maximum absolute atomic E-state index is 11.8. The van der Waals surface area contributed by atoms with E-state index in [1.54, 1.807) is 24.3 Å². The smallest absolute Gasteiger partial charge is 0.233 e. The molecular weight excluding hydrogens is 254 g/mol. The zero-order valence-corrected chi connectivity index (χ0v) is 10.3. The standard InChI is InChI=1S/C13H12ClNO3/c14-8-3-1-7(2-4-8)11(16)6-15-12(17)9-5-10(9)13(15)18/h1-4,9-11,16H,5-6H2. The SMILES string of the molecule is O=C1C2CC2C(=O)N1CC(O)c1ccc(Cl)cc1. The van der Waals surface area contributed by atoms with Gasteiger partial charge in [-0.25, -0.2) is 0 Å². The normalized spacial score (nSPS) is 27.3. The summed E-state index contributed by atoms with van der Waals surface area (Å²) in [5.74, 6) is -0.513. The van der Waals surface area contributed by atoms with Crippen LogP contribution in [-0.2, 0) is 9.59 Å². The van der Waals surface area contributed by atoms with Crippen LogP contribution >= 0.6 is 11.6 Å². The molecule has 0 bridgehead atoms. The number of hydrogen-bond acceptors (Lipinski definition) is 3. The van der Waals surface area contributed by atoms with Crippen LogP contribution < -0.4 is 0 Å². The molecule has 2 amide bonds. The van der Waals surface area contributed by atoms with E-state index in [0.29, 0.717) is 17.0 Å². The van der Waals surface area contributed by atoms with Gasteiger partial charge in [0.15, 0.2) is 0 Å². The summed E-state index contributed by atoms with van der Waals surface area (Å²) >= 11 is 5.76. The molecule has 3 unspecified atom stereocenters. The number of aliphatic hydroxyl groups is 1. The van der Waals surface area contributed by atoms with Crippen LogP contribution in [0.3, 0.4) is 0 Å². The first-order valence-corrected chi connectivity index (χ1v) is 6.24. The van der Waals surface area contributed by atoms with Crippen molar-refractivity contribution >= 4 is 23.4 Å². The number of imide groups is 1. The van der Waals surface area contributed by atoms with Crippen LogP contribution in [0, 0.1) is 11.8 Å². The van der Waals surface area contributed by atoms with Crippen LogP contribution in [0.2, 0.25) is 5.02 Å². The minimum atomic E-state index is -0.854. The van der Waals surface area contributed by atoms with Gasteiger partial charge in [-0.15, -0.1) is 0 Å². The van der Waals surface area contributed by atoms with E-state index in [4.69, 9.17) is 11.6 Å². The van der Waals surface area contributed by atoms with Crippen molar-refractivity contribution in [1.82, 2.24) is 4.90 Å². The maximum atomic E-state index is 11.8. The molecule has 0 radical (unpaired) electrons. The van der Waals surface area contributed by atoms with Crippen LogP contribution in [0.1, 0.15) is 18.1 Å². The molecule has 94 valence electrons. The molecule has 1 aromatic carbocycles. The Hall–Kier alpha value is -1.39. The average Bonchev–Trinajstić information content (AvgIpc) is 3.10. The zero-order chi connectivity index (χ0) is 12.9. The van der Waals surface area contributed by atoms with Gasteiger partial charge in [0.25, 0.3) is 0 Å². The summed E-state index contributed by atoms with van der Waals surface area (Å²) in [6, 6.07) is 6.73. The molecular formula is C13H12ClNO3. The molecule has 1 heterocycles. The quantitative estimate of drug-likeness (QED) is 0.840. The molecule has 1 aromatic rings. The summed E-state index contributed by atoms with van der Waals surface area (Å²) in [6.45, 7) is 0.0340. The van der Waals surface area contributed by atoms with Crippen molar-refractivity contribution in [1.29, 1.82) is 0 Å². The van der Waals surface area contributed by atoms with Crippen molar-refractivity contribution < 1.29 is 14.7 Å². The topological polar surface area (TPSA) is 57.6 Å². The second kappa shape index (κ2) is 4.07. The minimum Gasteiger partial charge on any atom is -0.387 e. The second-order valence-electron chi connectivity index (χ2n) is 4.80. The number of carbonyl (C=O) groups is 2. The number of hydrogen-bond donors (Lipinski definition) is 1. The Morgan fingerprint density at radius 2 is 1.78 bits per heavy atom. The van der Waals surface area contributed by atoms with Crippen molar-refractivity contribution in [2.45, 2.75) is 12.5 Å². The molecule has 1 saturated heterocycles. The number of rotatable bonds is 3. The molecule has 1 N–H and O–H groups in total. The highest BCUT2D eigenvalue weighted by Crippen LogP contribution is 2.47.